The second-order valence-corrected chi connectivity index (χ2v) is 3.86. The summed E-state index contributed by atoms with van der Waals surface area (Å²) in [5, 5.41) is 3.04. The van der Waals surface area contributed by atoms with Crippen molar-refractivity contribution >= 4 is 5.91 Å². The summed E-state index contributed by atoms with van der Waals surface area (Å²) in [6.07, 6.45) is 7.79. The van der Waals surface area contributed by atoms with Crippen molar-refractivity contribution < 1.29 is 4.79 Å². The van der Waals surface area contributed by atoms with E-state index in [1.165, 1.54) is 0 Å². The van der Waals surface area contributed by atoms with Crippen LogP contribution in [0.25, 0.3) is 0 Å². The van der Waals surface area contributed by atoms with Crippen LogP contribution in [0, 0.1) is 0 Å². The lowest BCUT2D eigenvalue weighted by Gasteiger charge is -2.29. The zero-order valence-corrected chi connectivity index (χ0v) is 8.89. The van der Waals surface area contributed by atoms with Gasteiger partial charge in [0.05, 0.1) is 0 Å². The Morgan fingerprint density at radius 2 is 2.00 bits per heavy atom. The van der Waals surface area contributed by atoms with Crippen molar-refractivity contribution in [3.05, 3.63) is 60.3 Å². The Balaban J connectivity index is 2.25. The van der Waals surface area contributed by atoms with E-state index in [9.17, 15) is 4.79 Å². The van der Waals surface area contributed by atoms with Gasteiger partial charge in [0.15, 0.2) is 0 Å². The maximum atomic E-state index is 11.6. The minimum absolute atomic E-state index is 0.364. The predicted molar refractivity (Wildman–Crippen MR) is 63.5 cm³/mol. The van der Waals surface area contributed by atoms with E-state index >= 15 is 0 Å². The highest BCUT2D eigenvalue weighted by Crippen LogP contribution is 2.17. The Hall–Kier alpha value is -2.03. The van der Waals surface area contributed by atoms with Gasteiger partial charge in [-0.1, -0.05) is 36.4 Å². The number of rotatable bonds is 3. The SMILES string of the molecule is NC(=O)C1(Cc2ccccc2)C=CC=CN1. The number of amides is 1. The van der Waals surface area contributed by atoms with Gasteiger partial charge in [-0.15, -0.1) is 0 Å². The minimum atomic E-state index is -0.796. The smallest absolute Gasteiger partial charge is 0.247 e. The van der Waals surface area contributed by atoms with Gasteiger partial charge in [0.2, 0.25) is 5.91 Å². The number of hydrogen-bond acceptors (Lipinski definition) is 2. The summed E-state index contributed by atoms with van der Waals surface area (Å²) in [4.78, 5) is 11.6. The van der Waals surface area contributed by atoms with Crippen molar-refractivity contribution in [3.63, 3.8) is 0 Å². The van der Waals surface area contributed by atoms with Gasteiger partial charge in [-0.25, -0.2) is 0 Å². The fourth-order valence-corrected chi connectivity index (χ4v) is 1.79. The molecule has 0 saturated heterocycles. The van der Waals surface area contributed by atoms with Crippen LogP contribution in [-0.2, 0) is 11.2 Å². The number of allylic oxidation sites excluding steroid dienone is 2. The third-order valence-electron chi connectivity index (χ3n) is 2.69. The summed E-state index contributed by atoms with van der Waals surface area (Å²) in [5.41, 5.74) is 5.75. The highest BCUT2D eigenvalue weighted by Gasteiger charge is 2.33. The molecular formula is C13H14N2O. The fourth-order valence-electron chi connectivity index (χ4n) is 1.79. The van der Waals surface area contributed by atoms with Crippen LogP contribution >= 0.6 is 0 Å². The number of primary amides is 1. The number of carbonyl (C=O) groups excluding carboxylic acids is 1. The Kier molecular flexibility index (Phi) is 2.77. The van der Waals surface area contributed by atoms with Gasteiger partial charge in [-0.05, 0) is 23.9 Å². The first-order valence-electron chi connectivity index (χ1n) is 5.19. The maximum Gasteiger partial charge on any atom is 0.247 e. The predicted octanol–water partition coefficient (Wildman–Crippen LogP) is 1.13. The zero-order valence-electron chi connectivity index (χ0n) is 8.89. The first-order chi connectivity index (χ1) is 7.73. The van der Waals surface area contributed by atoms with Crippen LogP contribution in [0.1, 0.15) is 5.56 Å². The van der Waals surface area contributed by atoms with Crippen LogP contribution in [0.15, 0.2) is 54.8 Å². The van der Waals surface area contributed by atoms with E-state index in [4.69, 9.17) is 5.73 Å². The van der Waals surface area contributed by atoms with Gasteiger partial charge in [-0.2, -0.15) is 0 Å². The third-order valence-corrected chi connectivity index (χ3v) is 2.69. The van der Waals surface area contributed by atoms with Gasteiger partial charge < -0.3 is 11.1 Å². The average Bonchev–Trinajstić information content (AvgIpc) is 2.31. The lowest BCUT2D eigenvalue weighted by atomic mass is 9.88. The Morgan fingerprint density at radius 1 is 1.25 bits per heavy atom. The minimum Gasteiger partial charge on any atom is -0.374 e. The van der Waals surface area contributed by atoms with Crippen molar-refractivity contribution in [2.45, 2.75) is 12.0 Å². The summed E-state index contributed by atoms with van der Waals surface area (Å²) in [6.45, 7) is 0. The van der Waals surface area contributed by atoms with Crippen molar-refractivity contribution in [1.29, 1.82) is 0 Å². The van der Waals surface area contributed by atoms with Gasteiger partial charge in [0.1, 0.15) is 5.54 Å². The Morgan fingerprint density at radius 3 is 2.56 bits per heavy atom. The molecule has 0 radical (unpaired) electrons. The largest absolute Gasteiger partial charge is 0.374 e. The highest BCUT2D eigenvalue weighted by atomic mass is 16.1. The molecule has 3 heteroatoms. The molecule has 1 aromatic rings. The zero-order chi connectivity index (χ0) is 11.4. The molecule has 1 aliphatic rings. The van der Waals surface area contributed by atoms with Crippen LogP contribution in [0.5, 0.6) is 0 Å². The molecular weight excluding hydrogens is 200 g/mol. The molecule has 0 saturated carbocycles. The van der Waals surface area contributed by atoms with Crippen molar-refractivity contribution in [1.82, 2.24) is 5.32 Å². The number of carbonyl (C=O) groups is 1. The third kappa shape index (κ3) is 1.98. The van der Waals surface area contributed by atoms with Gasteiger partial charge in [0.25, 0.3) is 0 Å². The van der Waals surface area contributed by atoms with E-state index < -0.39 is 5.54 Å². The number of hydrogen-bond donors (Lipinski definition) is 2. The van der Waals surface area contributed by atoms with Crippen molar-refractivity contribution in [2.24, 2.45) is 5.73 Å². The van der Waals surface area contributed by atoms with E-state index in [-0.39, 0.29) is 5.91 Å². The molecule has 1 atom stereocenters. The van der Waals surface area contributed by atoms with Crippen LogP contribution < -0.4 is 11.1 Å². The second-order valence-electron chi connectivity index (χ2n) is 3.86. The molecule has 0 bridgehead atoms. The van der Waals surface area contributed by atoms with Crippen molar-refractivity contribution in [2.75, 3.05) is 0 Å². The van der Waals surface area contributed by atoms with Crippen LogP contribution in [-0.4, -0.2) is 11.4 Å². The molecule has 1 heterocycles. The molecule has 0 aromatic heterocycles. The molecule has 3 N–H and O–H groups in total. The number of benzene rings is 1. The molecule has 0 aliphatic carbocycles. The number of nitrogens with one attached hydrogen (secondary N) is 1. The normalized spacial score (nSPS) is 22.8. The van der Waals surface area contributed by atoms with Crippen LogP contribution in [0.3, 0.4) is 0 Å². The molecule has 0 spiro atoms. The van der Waals surface area contributed by atoms with Crippen LogP contribution in [0.2, 0.25) is 0 Å². The molecule has 82 valence electrons. The summed E-state index contributed by atoms with van der Waals surface area (Å²) >= 11 is 0. The maximum absolute atomic E-state index is 11.6. The second kappa shape index (κ2) is 4.23. The number of dihydropyridines is 1. The molecule has 1 aromatic carbocycles. The molecule has 1 unspecified atom stereocenters. The lowest BCUT2D eigenvalue weighted by molar-refractivity contribution is -0.122. The Labute approximate surface area is 94.7 Å². The summed E-state index contributed by atoms with van der Waals surface area (Å²) in [6, 6.07) is 9.82. The van der Waals surface area contributed by atoms with Crippen molar-refractivity contribution in [3.8, 4) is 0 Å². The monoisotopic (exact) mass is 214 g/mol. The Bertz CT molecular complexity index is 437. The first-order valence-corrected chi connectivity index (χ1v) is 5.19. The summed E-state index contributed by atoms with van der Waals surface area (Å²) < 4.78 is 0. The van der Waals surface area contributed by atoms with Gasteiger partial charge >= 0.3 is 0 Å². The molecule has 2 rings (SSSR count). The molecule has 0 fully saturated rings. The number of nitrogens with two attached hydrogens (primary N) is 1. The topological polar surface area (TPSA) is 55.1 Å². The molecule has 1 amide bonds. The van der Waals surface area contributed by atoms with Gasteiger partial charge in [0, 0.05) is 6.42 Å². The summed E-state index contributed by atoms with van der Waals surface area (Å²) in [5.74, 6) is -0.364. The standard InChI is InChI=1S/C13H14N2O/c14-12(16)13(8-4-5-9-15-13)10-11-6-2-1-3-7-11/h1-9,15H,10H2,(H2,14,16). The molecule has 3 nitrogen and oxygen atoms in total. The van der Waals surface area contributed by atoms with E-state index in [1.54, 1.807) is 6.20 Å². The van der Waals surface area contributed by atoms with E-state index in [1.807, 2.05) is 48.6 Å². The lowest BCUT2D eigenvalue weighted by Crippen LogP contribution is -2.54. The molecule has 16 heavy (non-hydrogen) atoms. The molecule has 1 aliphatic heterocycles. The van der Waals surface area contributed by atoms with E-state index in [0.29, 0.717) is 6.42 Å². The highest BCUT2D eigenvalue weighted by molar-refractivity contribution is 5.88. The summed E-state index contributed by atoms with van der Waals surface area (Å²) in [7, 11) is 0. The quantitative estimate of drug-likeness (QED) is 0.792. The fraction of sp³-hybridized carbons (Fsp3) is 0.154. The van der Waals surface area contributed by atoms with Gasteiger partial charge in [-0.3, -0.25) is 4.79 Å². The average molecular weight is 214 g/mol. The first kappa shape index (κ1) is 10.5. The van der Waals surface area contributed by atoms with E-state index in [2.05, 4.69) is 5.32 Å². The van der Waals surface area contributed by atoms with E-state index in [0.717, 1.165) is 5.56 Å². The van der Waals surface area contributed by atoms with Crippen LogP contribution in [0.4, 0.5) is 0 Å².